The molecule has 0 radical (unpaired) electrons. The highest BCUT2D eigenvalue weighted by atomic mass is 35.5. The molecule has 3 rings (SSSR count). The quantitative estimate of drug-likeness (QED) is 0.657. The summed E-state index contributed by atoms with van der Waals surface area (Å²) in [4.78, 5) is 15.0. The fraction of sp³-hybridized carbons (Fsp3) is 0.667. The van der Waals surface area contributed by atoms with Crippen molar-refractivity contribution in [1.82, 2.24) is 4.90 Å². The molecule has 1 aliphatic carbocycles. The zero-order valence-electron chi connectivity index (χ0n) is 15.4. The van der Waals surface area contributed by atoms with Crippen LogP contribution in [0.4, 0.5) is 0 Å². The number of Topliss-reactive ketones (excluding diaryl/α,β-unsaturated/α-hetero) is 1. The molecule has 0 spiro atoms. The summed E-state index contributed by atoms with van der Waals surface area (Å²) < 4.78 is 0. The molecule has 0 aromatic heterocycles. The van der Waals surface area contributed by atoms with E-state index in [-0.39, 0.29) is 5.78 Å². The number of hydrogen-bond donors (Lipinski definition) is 0. The van der Waals surface area contributed by atoms with Gasteiger partial charge >= 0.3 is 0 Å². The van der Waals surface area contributed by atoms with Gasteiger partial charge in [0, 0.05) is 30.1 Å². The largest absolute Gasteiger partial charge is 0.303 e. The lowest BCUT2D eigenvalue weighted by Gasteiger charge is -2.25. The van der Waals surface area contributed by atoms with Crippen LogP contribution in [0, 0.1) is 30.1 Å². The van der Waals surface area contributed by atoms with Crippen LogP contribution >= 0.6 is 11.6 Å². The van der Waals surface area contributed by atoms with Gasteiger partial charge in [-0.3, -0.25) is 4.79 Å². The summed E-state index contributed by atoms with van der Waals surface area (Å²) in [6, 6.07) is 5.66. The van der Waals surface area contributed by atoms with Crippen molar-refractivity contribution in [3.8, 4) is 0 Å². The van der Waals surface area contributed by atoms with Gasteiger partial charge in [-0.15, -0.1) is 0 Å². The van der Waals surface area contributed by atoms with Gasteiger partial charge in [-0.05, 0) is 73.2 Å². The maximum atomic E-state index is 12.4. The number of benzene rings is 1. The SMILES string of the molecule is Cc1cc(Cl)cc(C(=O)CCC2[C@H]3CN(CCC(C)(C)C)C[C@@H]23)c1. The number of hydrogen-bond acceptors (Lipinski definition) is 2. The zero-order chi connectivity index (χ0) is 17.5. The van der Waals surface area contributed by atoms with Gasteiger partial charge in [-0.25, -0.2) is 0 Å². The first-order valence-corrected chi connectivity index (χ1v) is 9.63. The molecule has 0 N–H and O–H groups in total. The Hall–Kier alpha value is -0.860. The van der Waals surface area contributed by atoms with Crippen molar-refractivity contribution in [3.05, 3.63) is 34.3 Å². The van der Waals surface area contributed by atoms with E-state index in [4.69, 9.17) is 11.6 Å². The second-order valence-electron chi connectivity index (χ2n) is 9.04. The second-order valence-corrected chi connectivity index (χ2v) is 9.48. The van der Waals surface area contributed by atoms with Crippen molar-refractivity contribution in [3.63, 3.8) is 0 Å². The smallest absolute Gasteiger partial charge is 0.162 e. The van der Waals surface area contributed by atoms with Gasteiger partial charge < -0.3 is 4.90 Å². The van der Waals surface area contributed by atoms with Crippen LogP contribution in [0.5, 0.6) is 0 Å². The van der Waals surface area contributed by atoms with E-state index in [9.17, 15) is 4.79 Å². The van der Waals surface area contributed by atoms with Crippen molar-refractivity contribution in [1.29, 1.82) is 0 Å². The van der Waals surface area contributed by atoms with Crippen molar-refractivity contribution in [2.75, 3.05) is 19.6 Å². The first-order chi connectivity index (χ1) is 11.2. The van der Waals surface area contributed by atoms with Crippen molar-refractivity contribution < 1.29 is 4.79 Å². The van der Waals surface area contributed by atoms with Crippen LogP contribution in [0.3, 0.4) is 0 Å². The zero-order valence-corrected chi connectivity index (χ0v) is 16.2. The number of nitrogens with zero attached hydrogens (tertiary/aromatic N) is 1. The Kier molecular flexibility index (Phi) is 5.09. The Morgan fingerprint density at radius 3 is 2.46 bits per heavy atom. The van der Waals surface area contributed by atoms with E-state index < -0.39 is 0 Å². The number of fused-ring (bicyclic) bond motifs is 1. The van der Waals surface area contributed by atoms with Gasteiger partial charge in [0.1, 0.15) is 0 Å². The van der Waals surface area contributed by atoms with E-state index >= 15 is 0 Å². The third-order valence-electron chi connectivity index (χ3n) is 5.69. The average molecular weight is 348 g/mol. The molecule has 24 heavy (non-hydrogen) atoms. The summed E-state index contributed by atoms with van der Waals surface area (Å²) in [5.41, 5.74) is 2.26. The highest BCUT2D eigenvalue weighted by molar-refractivity contribution is 6.31. The van der Waals surface area contributed by atoms with E-state index in [1.54, 1.807) is 6.07 Å². The molecule has 1 unspecified atom stereocenters. The predicted octanol–water partition coefficient (Wildman–Crippen LogP) is 5.23. The predicted molar refractivity (Wildman–Crippen MR) is 101 cm³/mol. The number of carbonyl (C=O) groups is 1. The average Bonchev–Trinajstić information content (AvgIpc) is 2.92. The minimum atomic E-state index is 0.246. The molecular formula is C21H30ClNO. The molecule has 1 aliphatic heterocycles. The minimum absolute atomic E-state index is 0.246. The molecule has 1 saturated carbocycles. The van der Waals surface area contributed by atoms with E-state index in [2.05, 4.69) is 25.7 Å². The minimum Gasteiger partial charge on any atom is -0.303 e. The number of aryl methyl sites for hydroxylation is 1. The molecule has 0 bridgehead atoms. The number of piperidine rings is 1. The standard InChI is InChI=1S/C21H30ClNO/c1-14-9-15(11-16(22)10-14)20(24)6-5-17-18-12-23(13-19(17)18)8-7-21(2,3)4/h9-11,17-19H,5-8,12-13H2,1-4H3/t17?,18-,19+. The van der Waals surface area contributed by atoms with Gasteiger partial charge in [0.05, 0.1) is 0 Å². The molecule has 2 nitrogen and oxygen atoms in total. The Morgan fingerprint density at radius 1 is 1.21 bits per heavy atom. The number of ketones is 1. The first kappa shape index (κ1) is 17.9. The molecular weight excluding hydrogens is 318 g/mol. The normalized spacial score (nSPS) is 26.5. The van der Waals surface area contributed by atoms with E-state index in [0.717, 1.165) is 35.3 Å². The van der Waals surface area contributed by atoms with E-state index in [1.807, 2.05) is 19.1 Å². The maximum Gasteiger partial charge on any atom is 0.162 e. The number of likely N-dealkylation sites (tertiary alicyclic amines) is 1. The van der Waals surface area contributed by atoms with E-state index in [0.29, 0.717) is 16.9 Å². The fourth-order valence-electron chi connectivity index (χ4n) is 4.18. The van der Waals surface area contributed by atoms with Gasteiger partial charge in [0.2, 0.25) is 0 Å². The van der Waals surface area contributed by atoms with Gasteiger partial charge in [-0.2, -0.15) is 0 Å². The third-order valence-corrected chi connectivity index (χ3v) is 5.91. The Bertz CT molecular complexity index is 587. The molecule has 0 amide bonds. The molecule has 132 valence electrons. The molecule has 3 heteroatoms. The van der Waals surface area contributed by atoms with Gasteiger partial charge in [-0.1, -0.05) is 32.4 Å². The monoisotopic (exact) mass is 347 g/mol. The topological polar surface area (TPSA) is 20.3 Å². The van der Waals surface area contributed by atoms with Crippen LogP contribution in [-0.4, -0.2) is 30.3 Å². The molecule has 1 saturated heterocycles. The summed E-state index contributed by atoms with van der Waals surface area (Å²) in [5, 5.41) is 0.663. The van der Waals surface area contributed by atoms with Crippen molar-refractivity contribution in [2.24, 2.45) is 23.2 Å². The van der Waals surface area contributed by atoms with Gasteiger partial charge in [0.25, 0.3) is 0 Å². The lowest BCUT2D eigenvalue weighted by molar-refractivity contribution is 0.0975. The lowest BCUT2D eigenvalue weighted by atomic mass is 9.92. The van der Waals surface area contributed by atoms with Crippen molar-refractivity contribution in [2.45, 2.75) is 47.0 Å². The van der Waals surface area contributed by atoms with Crippen molar-refractivity contribution >= 4 is 17.4 Å². The summed E-state index contributed by atoms with van der Waals surface area (Å²) in [6.07, 6.45) is 2.98. The third kappa shape index (κ3) is 4.40. The molecule has 1 aromatic carbocycles. The Balaban J connectivity index is 1.42. The van der Waals surface area contributed by atoms with Crippen LogP contribution in [-0.2, 0) is 0 Å². The summed E-state index contributed by atoms with van der Waals surface area (Å²) in [5.74, 6) is 2.72. The Labute approximate surface area is 151 Å². The molecule has 1 heterocycles. The second kappa shape index (κ2) is 6.80. The molecule has 3 atom stereocenters. The van der Waals surface area contributed by atoms with Crippen LogP contribution in [0.15, 0.2) is 18.2 Å². The lowest BCUT2D eigenvalue weighted by Crippen LogP contribution is -2.28. The summed E-state index contributed by atoms with van der Waals surface area (Å²) in [6.45, 7) is 12.6. The van der Waals surface area contributed by atoms with Crippen LogP contribution < -0.4 is 0 Å². The summed E-state index contributed by atoms with van der Waals surface area (Å²) >= 11 is 6.07. The Morgan fingerprint density at radius 2 is 1.88 bits per heavy atom. The number of rotatable bonds is 6. The molecule has 1 aromatic rings. The summed E-state index contributed by atoms with van der Waals surface area (Å²) in [7, 11) is 0. The van der Waals surface area contributed by atoms with Gasteiger partial charge in [0.15, 0.2) is 5.78 Å². The van der Waals surface area contributed by atoms with E-state index in [1.165, 1.54) is 26.1 Å². The number of halogens is 1. The molecule has 2 aliphatic rings. The maximum absolute atomic E-state index is 12.4. The highest BCUT2D eigenvalue weighted by Gasteiger charge is 2.54. The first-order valence-electron chi connectivity index (χ1n) is 9.26. The molecule has 2 fully saturated rings. The fourth-order valence-corrected chi connectivity index (χ4v) is 4.47. The highest BCUT2D eigenvalue weighted by Crippen LogP contribution is 2.54. The van der Waals surface area contributed by atoms with Crippen LogP contribution in [0.1, 0.15) is 56.0 Å². The van der Waals surface area contributed by atoms with Crippen LogP contribution in [0.25, 0.3) is 0 Å². The van der Waals surface area contributed by atoms with Crippen LogP contribution in [0.2, 0.25) is 5.02 Å². The number of carbonyl (C=O) groups excluding carboxylic acids is 1.